The predicted octanol–water partition coefficient (Wildman–Crippen LogP) is 4.25. The molecule has 8 nitrogen and oxygen atoms in total. The van der Waals surface area contributed by atoms with E-state index in [0.717, 1.165) is 11.3 Å². The van der Waals surface area contributed by atoms with E-state index in [2.05, 4.69) is 46.3 Å². The lowest BCUT2D eigenvalue weighted by molar-refractivity contribution is -0.116. The van der Waals surface area contributed by atoms with Crippen LogP contribution in [0.1, 0.15) is 38.8 Å². The van der Waals surface area contributed by atoms with E-state index in [4.69, 9.17) is 4.52 Å². The molecule has 0 aliphatic heterocycles. The molecule has 4 rings (SSSR count). The summed E-state index contributed by atoms with van der Waals surface area (Å²) in [7, 11) is 0. The summed E-state index contributed by atoms with van der Waals surface area (Å²) in [5.41, 5.74) is 1.61. The number of aryl methyl sites for hydroxylation is 1. The Kier molecular flexibility index (Phi) is 5.45. The molecule has 0 atom stereocenters. The first-order valence-corrected chi connectivity index (χ1v) is 10.5. The Morgan fingerprint density at radius 2 is 2.13 bits per heavy atom. The molecule has 1 N–H and O–H groups in total. The molecule has 0 saturated carbocycles. The summed E-state index contributed by atoms with van der Waals surface area (Å²) >= 11 is 1.57. The number of hydrogen-bond donors (Lipinski definition) is 1. The monoisotopic (exact) mass is 422 g/mol. The van der Waals surface area contributed by atoms with E-state index < -0.39 is 0 Å². The molecule has 1 amide bonds. The standard InChI is InChI=1S/C21H22N6O2S/c1-21(2,3)15-12-17(27(25-15)16-6-4-5-10-22-16)23-18(28)7-8-19-24-20(26-29-19)14-9-11-30-13-14/h4-6,9-13H,7-8H2,1-3H3,(H,23,28). The number of hydrogen-bond acceptors (Lipinski definition) is 7. The van der Waals surface area contributed by atoms with Crippen LogP contribution in [-0.2, 0) is 16.6 Å². The van der Waals surface area contributed by atoms with Gasteiger partial charge in [0.1, 0.15) is 5.82 Å². The fraction of sp³-hybridized carbons (Fsp3) is 0.286. The van der Waals surface area contributed by atoms with E-state index in [1.807, 2.05) is 41.1 Å². The molecule has 0 spiro atoms. The number of carbonyl (C=O) groups excluding carboxylic acids is 1. The molecule has 0 saturated heterocycles. The number of amides is 1. The van der Waals surface area contributed by atoms with Crippen molar-refractivity contribution < 1.29 is 9.32 Å². The maximum absolute atomic E-state index is 12.6. The molecule has 9 heteroatoms. The average Bonchev–Trinajstić information content (AvgIpc) is 3.46. The second kappa shape index (κ2) is 8.19. The van der Waals surface area contributed by atoms with Gasteiger partial charge in [0.15, 0.2) is 5.82 Å². The quantitative estimate of drug-likeness (QED) is 0.499. The molecule has 30 heavy (non-hydrogen) atoms. The molecule has 0 aliphatic rings. The molecular weight excluding hydrogens is 400 g/mol. The Bertz CT molecular complexity index is 1130. The van der Waals surface area contributed by atoms with Crippen LogP contribution in [0.3, 0.4) is 0 Å². The van der Waals surface area contributed by atoms with Crippen molar-refractivity contribution in [1.82, 2.24) is 24.9 Å². The lowest BCUT2D eigenvalue weighted by atomic mass is 9.92. The van der Waals surface area contributed by atoms with Crippen molar-refractivity contribution >= 4 is 23.1 Å². The van der Waals surface area contributed by atoms with Gasteiger partial charge in [0.05, 0.1) is 5.69 Å². The minimum atomic E-state index is -0.165. The zero-order valence-corrected chi connectivity index (χ0v) is 17.8. The number of aromatic nitrogens is 5. The Morgan fingerprint density at radius 3 is 2.83 bits per heavy atom. The van der Waals surface area contributed by atoms with Crippen LogP contribution >= 0.6 is 11.3 Å². The molecule has 154 valence electrons. The van der Waals surface area contributed by atoms with Crippen LogP contribution in [0.2, 0.25) is 0 Å². The van der Waals surface area contributed by atoms with Crippen molar-refractivity contribution in [3.8, 4) is 17.2 Å². The van der Waals surface area contributed by atoms with Gasteiger partial charge in [-0.15, -0.1) is 0 Å². The normalized spacial score (nSPS) is 11.6. The Labute approximate surface area is 178 Å². The number of thiophene rings is 1. The highest BCUT2D eigenvalue weighted by Crippen LogP contribution is 2.26. The summed E-state index contributed by atoms with van der Waals surface area (Å²) in [6, 6.07) is 9.38. The molecule has 4 aromatic heterocycles. The summed E-state index contributed by atoms with van der Waals surface area (Å²) in [5, 5.41) is 15.5. The van der Waals surface area contributed by atoms with Gasteiger partial charge in [0.25, 0.3) is 0 Å². The number of nitrogens with one attached hydrogen (secondary N) is 1. The first-order chi connectivity index (χ1) is 14.4. The summed E-state index contributed by atoms with van der Waals surface area (Å²) in [6.45, 7) is 6.22. The molecule has 0 radical (unpaired) electrons. The van der Waals surface area contributed by atoms with Crippen LogP contribution in [0.5, 0.6) is 0 Å². The van der Waals surface area contributed by atoms with Crippen LogP contribution in [0.25, 0.3) is 17.2 Å². The van der Waals surface area contributed by atoms with E-state index in [1.54, 1.807) is 22.2 Å². The van der Waals surface area contributed by atoms with Gasteiger partial charge >= 0.3 is 0 Å². The molecule has 0 aromatic carbocycles. The highest BCUT2D eigenvalue weighted by molar-refractivity contribution is 7.08. The van der Waals surface area contributed by atoms with Crippen molar-refractivity contribution in [1.29, 1.82) is 0 Å². The van der Waals surface area contributed by atoms with Gasteiger partial charge in [-0.05, 0) is 23.6 Å². The minimum absolute atomic E-state index is 0.164. The van der Waals surface area contributed by atoms with Crippen LogP contribution in [0.15, 0.2) is 51.8 Å². The van der Waals surface area contributed by atoms with Crippen molar-refractivity contribution in [2.24, 2.45) is 0 Å². The first-order valence-electron chi connectivity index (χ1n) is 9.57. The van der Waals surface area contributed by atoms with Gasteiger partial charge in [-0.3, -0.25) is 4.79 Å². The van der Waals surface area contributed by atoms with Crippen molar-refractivity contribution in [2.75, 3.05) is 5.32 Å². The SMILES string of the molecule is CC(C)(C)c1cc(NC(=O)CCc2nc(-c3ccsc3)no2)n(-c2ccccn2)n1. The molecule has 4 heterocycles. The van der Waals surface area contributed by atoms with E-state index >= 15 is 0 Å². The van der Waals surface area contributed by atoms with Crippen molar-refractivity contribution in [3.05, 3.63) is 58.9 Å². The maximum atomic E-state index is 12.6. The fourth-order valence-corrected chi connectivity index (χ4v) is 3.42. The molecule has 0 bridgehead atoms. The Balaban J connectivity index is 1.47. The summed E-state index contributed by atoms with van der Waals surface area (Å²) < 4.78 is 6.92. The third kappa shape index (κ3) is 4.46. The van der Waals surface area contributed by atoms with Gasteiger partial charge in [-0.1, -0.05) is 32.0 Å². The highest BCUT2D eigenvalue weighted by atomic mass is 32.1. The zero-order valence-electron chi connectivity index (χ0n) is 17.0. The van der Waals surface area contributed by atoms with Crippen LogP contribution in [0.4, 0.5) is 5.82 Å². The number of anilines is 1. The van der Waals surface area contributed by atoms with E-state index in [0.29, 0.717) is 29.8 Å². The number of rotatable bonds is 6. The molecule has 4 aromatic rings. The molecule has 0 fully saturated rings. The Hall–Kier alpha value is -3.33. The van der Waals surface area contributed by atoms with Crippen molar-refractivity contribution in [3.63, 3.8) is 0 Å². The van der Waals surface area contributed by atoms with Gasteiger partial charge in [0.2, 0.25) is 17.6 Å². The smallest absolute Gasteiger partial charge is 0.227 e. The molecule has 0 unspecified atom stereocenters. The fourth-order valence-electron chi connectivity index (χ4n) is 2.78. The third-order valence-electron chi connectivity index (χ3n) is 4.42. The summed E-state index contributed by atoms with van der Waals surface area (Å²) in [6.07, 6.45) is 2.26. The first kappa shape index (κ1) is 20.0. The van der Waals surface area contributed by atoms with Gasteiger partial charge in [-0.25, -0.2) is 4.98 Å². The lowest BCUT2D eigenvalue weighted by Gasteiger charge is -2.13. The van der Waals surface area contributed by atoms with Gasteiger partial charge in [0, 0.05) is 41.5 Å². The van der Waals surface area contributed by atoms with Gasteiger partial charge in [-0.2, -0.15) is 26.1 Å². The largest absolute Gasteiger partial charge is 0.339 e. The third-order valence-corrected chi connectivity index (χ3v) is 5.11. The van der Waals surface area contributed by atoms with Gasteiger partial charge < -0.3 is 9.84 Å². The average molecular weight is 423 g/mol. The van der Waals surface area contributed by atoms with E-state index in [1.165, 1.54) is 0 Å². The topological polar surface area (TPSA) is 98.7 Å². The number of carbonyl (C=O) groups is 1. The molecular formula is C21H22N6O2S. The highest BCUT2D eigenvalue weighted by Gasteiger charge is 2.22. The van der Waals surface area contributed by atoms with E-state index in [9.17, 15) is 4.79 Å². The zero-order chi connectivity index (χ0) is 21.1. The number of pyridine rings is 1. The summed E-state index contributed by atoms with van der Waals surface area (Å²) in [5.74, 6) is 2.02. The van der Waals surface area contributed by atoms with Crippen LogP contribution in [0, 0.1) is 0 Å². The summed E-state index contributed by atoms with van der Waals surface area (Å²) in [4.78, 5) is 21.3. The minimum Gasteiger partial charge on any atom is -0.339 e. The number of nitrogens with zero attached hydrogens (tertiary/aromatic N) is 5. The van der Waals surface area contributed by atoms with Crippen LogP contribution < -0.4 is 5.32 Å². The second-order valence-electron chi connectivity index (χ2n) is 7.84. The molecule has 0 aliphatic carbocycles. The maximum Gasteiger partial charge on any atom is 0.227 e. The second-order valence-corrected chi connectivity index (χ2v) is 8.62. The van der Waals surface area contributed by atoms with Crippen LogP contribution in [-0.4, -0.2) is 30.8 Å². The Morgan fingerprint density at radius 1 is 1.27 bits per heavy atom. The predicted molar refractivity (Wildman–Crippen MR) is 115 cm³/mol. The van der Waals surface area contributed by atoms with Crippen molar-refractivity contribution in [2.45, 2.75) is 39.0 Å². The van der Waals surface area contributed by atoms with E-state index in [-0.39, 0.29) is 17.7 Å². The lowest BCUT2D eigenvalue weighted by Crippen LogP contribution is -2.16.